The van der Waals surface area contributed by atoms with Crippen molar-refractivity contribution < 1.29 is 9.21 Å². The summed E-state index contributed by atoms with van der Waals surface area (Å²) in [5.41, 5.74) is 2.37. The van der Waals surface area contributed by atoms with Crippen molar-refractivity contribution in [2.45, 2.75) is 9.79 Å². The van der Waals surface area contributed by atoms with Gasteiger partial charge in [0.2, 0.25) is 0 Å². The van der Waals surface area contributed by atoms with Gasteiger partial charge in [-0.15, -0.1) is 0 Å². The van der Waals surface area contributed by atoms with Gasteiger partial charge in [-0.2, -0.15) is 0 Å². The van der Waals surface area contributed by atoms with Gasteiger partial charge in [0.25, 0.3) is 5.91 Å². The molecule has 1 aliphatic heterocycles. The van der Waals surface area contributed by atoms with E-state index in [0.717, 1.165) is 21.2 Å². The fourth-order valence-electron chi connectivity index (χ4n) is 2.44. The molecule has 0 saturated carbocycles. The van der Waals surface area contributed by atoms with E-state index in [4.69, 9.17) is 4.42 Å². The molecule has 0 N–H and O–H groups in total. The Morgan fingerprint density at radius 2 is 1.52 bits per heavy atom. The summed E-state index contributed by atoms with van der Waals surface area (Å²) in [6.45, 7) is 0. The molecular weight excluding hydrogens is 282 g/mol. The summed E-state index contributed by atoms with van der Waals surface area (Å²) in [5.74, 6) is -0.0797. The zero-order chi connectivity index (χ0) is 14.2. The lowest BCUT2D eigenvalue weighted by Gasteiger charge is -2.30. The van der Waals surface area contributed by atoms with Gasteiger partial charge in [0.05, 0.1) is 23.2 Å². The third-order valence-electron chi connectivity index (χ3n) is 3.40. The van der Waals surface area contributed by atoms with E-state index in [2.05, 4.69) is 0 Å². The number of rotatable bonds is 1. The molecule has 0 bridgehead atoms. The Balaban J connectivity index is 1.91. The monoisotopic (exact) mass is 293 g/mol. The SMILES string of the molecule is O=C(c1ccoc1)N1c2ccccc2Sc2ccccc21. The first kappa shape index (κ1) is 12.3. The van der Waals surface area contributed by atoms with E-state index >= 15 is 0 Å². The minimum absolute atomic E-state index is 0.0797. The number of fused-ring (bicyclic) bond motifs is 2. The van der Waals surface area contributed by atoms with Crippen molar-refractivity contribution in [2.24, 2.45) is 0 Å². The zero-order valence-corrected chi connectivity index (χ0v) is 11.8. The lowest BCUT2D eigenvalue weighted by atomic mass is 10.2. The van der Waals surface area contributed by atoms with Gasteiger partial charge in [-0.3, -0.25) is 9.69 Å². The standard InChI is InChI=1S/C17H11NO2S/c19-17(12-9-10-20-11-12)18-13-5-1-3-7-15(13)21-16-8-4-2-6-14(16)18/h1-11H. The van der Waals surface area contributed by atoms with Crippen molar-refractivity contribution in [3.63, 3.8) is 0 Å². The second kappa shape index (κ2) is 4.82. The Bertz CT molecular complexity index is 766. The number of para-hydroxylation sites is 2. The number of carbonyl (C=O) groups excluding carboxylic acids is 1. The molecule has 1 amide bonds. The van der Waals surface area contributed by atoms with Gasteiger partial charge in [0.1, 0.15) is 6.26 Å². The smallest absolute Gasteiger partial charge is 0.266 e. The summed E-state index contributed by atoms with van der Waals surface area (Å²) >= 11 is 1.68. The van der Waals surface area contributed by atoms with Crippen LogP contribution in [0.2, 0.25) is 0 Å². The van der Waals surface area contributed by atoms with Crippen LogP contribution in [0, 0.1) is 0 Å². The molecule has 4 rings (SSSR count). The predicted molar refractivity (Wildman–Crippen MR) is 82.2 cm³/mol. The number of carbonyl (C=O) groups is 1. The van der Waals surface area contributed by atoms with Crippen LogP contribution < -0.4 is 4.90 Å². The Labute approximate surface area is 126 Å². The summed E-state index contributed by atoms with van der Waals surface area (Å²) in [6.07, 6.45) is 3.00. The van der Waals surface area contributed by atoms with Crippen LogP contribution in [0.1, 0.15) is 10.4 Å². The molecule has 1 aliphatic rings. The number of amides is 1. The molecule has 0 unspecified atom stereocenters. The highest BCUT2D eigenvalue weighted by molar-refractivity contribution is 7.99. The number of nitrogens with zero attached hydrogens (tertiary/aromatic N) is 1. The summed E-state index contributed by atoms with van der Waals surface area (Å²) in [5, 5.41) is 0. The van der Waals surface area contributed by atoms with E-state index in [9.17, 15) is 4.79 Å². The molecule has 1 aromatic heterocycles. The topological polar surface area (TPSA) is 33.5 Å². The van der Waals surface area contributed by atoms with Crippen LogP contribution in [0.3, 0.4) is 0 Å². The van der Waals surface area contributed by atoms with E-state index in [1.807, 2.05) is 48.5 Å². The van der Waals surface area contributed by atoms with Gasteiger partial charge in [-0.05, 0) is 30.3 Å². The zero-order valence-electron chi connectivity index (χ0n) is 11.0. The number of hydrogen-bond donors (Lipinski definition) is 0. The van der Waals surface area contributed by atoms with E-state index in [-0.39, 0.29) is 5.91 Å². The molecule has 0 aliphatic carbocycles. The van der Waals surface area contributed by atoms with Gasteiger partial charge in [-0.1, -0.05) is 36.0 Å². The highest BCUT2D eigenvalue weighted by atomic mass is 32.2. The highest BCUT2D eigenvalue weighted by Gasteiger charge is 2.28. The van der Waals surface area contributed by atoms with Crippen LogP contribution in [-0.4, -0.2) is 5.91 Å². The second-order valence-electron chi connectivity index (χ2n) is 4.69. The third kappa shape index (κ3) is 1.96. The Hall–Kier alpha value is -2.46. The quantitative estimate of drug-likeness (QED) is 0.650. The van der Waals surface area contributed by atoms with E-state index in [0.29, 0.717) is 5.56 Å². The lowest BCUT2D eigenvalue weighted by molar-refractivity contribution is 0.0997. The van der Waals surface area contributed by atoms with E-state index < -0.39 is 0 Å². The number of furan rings is 1. The van der Waals surface area contributed by atoms with Crippen LogP contribution in [0.25, 0.3) is 0 Å². The summed E-state index contributed by atoms with van der Waals surface area (Å²) in [7, 11) is 0. The molecule has 21 heavy (non-hydrogen) atoms. The minimum Gasteiger partial charge on any atom is -0.472 e. The average Bonchev–Trinajstić information content (AvgIpc) is 3.06. The van der Waals surface area contributed by atoms with Gasteiger partial charge in [0.15, 0.2) is 0 Å². The first-order valence-corrected chi connectivity index (χ1v) is 7.39. The van der Waals surface area contributed by atoms with Gasteiger partial charge in [-0.25, -0.2) is 0 Å². The molecule has 102 valence electrons. The van der Waals surface area contributed by atoms with Gasteiger partial charge >= 0.3 is 0 Å². The van der Waals surface area contributed by atoms with Crippen LogP contribution in [-0.2, 0) is 0 Å². The van der Waals surface area contributed by atoms with Crippen molar-refractivity contribution in [3.8, 4) is 0 Å². The maximum absolute atomic E-state index is 12.8. The largest absolute Gasteiger partial charge is 0.472 e. The molecular formula is C17H11NO2S. The van der Waals surface area contributed by atoms with Gasteiger partial charge < -0.3 is 4.42 Å². The van der Waals surface area contributed by atoms with Crippen molar-refractivity contribution in [1.29, 1.82) is 0 Å². The molecule has 0 atom stereocenters. The van der Waals surface area contributed by atoms with E-state index in [1.165, 1.54) is 12.5 Å². The normalized spacial score (nSPS) is 12.7. The second-order valence-corrected chi connectivity index (χ2v) is 5.77. The Kier molecular flexibility index (Phi) is 2.82. The molecule has 3 aromatic rings. The number of benzene rings is 2. The number of hydrogen-bond acceptors (Lipinski definition) is 3. The molecule has 2 aromatic carbocycles. The van der Waals surface area contributed by atoms with Crippen LogP contribution >= 0.6 is 11.8 Å². The van der Waals surface area contributed by atoms with Crippen LogP contribution in [0.4, 0.5) is 11.4 Å². The lowest BCUT2D eigenvalue weighted by Crippen LogP contribution is -2.28. The minimum atomic E-state index is -0.0797. The fourth-order valence-corrected chi connectivity index (χ4v) is 3.50. The van der Waals surface area contributed by atoms with E-state index in [1.54, 1.807) is 22.7 Å². The average molecular weight is 293 g/mol. The molecule has 0 spiro atoms. The maximum Gasteiger partial charge on any atom is 0.266 e. The molecule has 4 heteroatoms. The first-order chi connectivity index (χ1) is 10.3. The Morgan fingerprint density at radius 3 is 2.10 bits per heavy atom. The summed E-state index contributed by atoms with van der Waals surface area (Å²) in [4.78, 5) is 16.8. The van der Waals surface area contributed by atoms with Crippen molar-refractivity contribution in [2.75, 3.05) is 4.90 Å². The van der Waals surface area contributed by atoms with Crippen molar-refractivity contribution >= 4 is 29.0 Å². The molecule has 0 saturated heterocycles. The maximum atomic E-state index is 12.8. The number of anilines is 2. The first-order valence-electron chi connectivity index (χ1n) is 6.57. The molecule has 0 radical (unpaired) electrons. The van der Waals surface area contributed by atoms with Crippen molar-refractivity contribution in [3.05, 3.63) is 72.7 Å². The van der Waals surface area contributed by atoms with Crippen LogP contribution in [0.15, 0.2) is 81.3 Å². The molecule has 3 nitrogen and oxygen atoms in total. The molecule has 0 fully saturated rings. The summed E-state index contributed by atoms with van der Waals surface area (Å²) < 4.78 is 5.05. The van der Waals surface area contributed by atoms with Crippen LogP contribution in [0.5, 0.6) is 0 Å². The highest BCUT2D eigenvalue weighted by Crippen LogP contribution is 2.48. The third-order valence-corrected chi connectivity index (χ3v) is 4.53. The predicted octanol–water partition coefficient (Wildman–Crippen LogP) is 4.72. The summed E-state index contributed by atoms with van der Waals surface area (Å²) in [6, 6.07) is 17.6. The van der Waals surface area contributed by atoms with Crippen molar-refractivity contribution in [1.82, 2.24) is 0 Å². The van der Waals surface area contributed by atoms with Gasteiger partial charge in [0, 0.05) is 9.79 Å². The Morgan fingerprint density at radius 1 is 0.905 bits per heavy atom. The molecule has 2 heterocycles. The fraction of sp³-hybridized carbons (Fsp3) is 0.